The number of carbonyl (C=O) groups excluding carboxylic acids is 1. The average molecular weight is 129 g/mol. The standard InChI is InChI=1S/CNO.Mn.2O/c2-1-3;;;/q-1;;2*-2. The SMILES string of the molecule is [Mn].[N-]=C=O.[O-2].[O-2]. The molecule has 0 aliphatic rings. The molecule has 0 saturated heterocycles. The molecule has 1 radical (unpaired) electrons. The minimum Gasteiger partial charge on any atom is -2.00 e. The van der Waals surface area contributed by atoms with Crippen LogP contribution in [0.4, 0.5) is 0 Å². The summed E-state index contributed by atoms with van der Waals surface area (Å²) in [5.74, 6) is 0. The second kappa shape index (κ2) is 105. The van der Waals surface area contributed by atoms with E-state index in [1.807, 2.05) is 0 Å². The average Bonchev–Trinajstić information content (AvgIpc) is 0.918. The Morgan fingerprint density at radius 1 is 1.33 bits per heavy atom. The molecule has 0 aromatic rings. The quantitative estimate of drug-likeness (QED) is 0.249. The van der Waals surface area contributed by atoms with Gasteiger partial charge in [-0.05, 0) is 6.08 Å². The van der Waals surface area contributed by atoms with Gasteiger partial charge < -0.3 is 16.4 Å². The van der Waals surface area contributed by atoms with Gasteiger partial charge in [-0.15, -0.1) is 0 Å². The molecule has 0 aliphatic heterocycles. The van der Waals surface area contributed by atoms with E-state index in [1.165, 1.54) is 0 Å². The van der Waals surface area contributed by atoms with E-state index in [9.17, 15) is 0 Å². The maximum atomic E-state index is 8.24. The van der Waals surface area contributed by atoms with E-state index in [1.54, 1.807) is 0 Å². The Morgan fingerprint density at radius 3 is 1.33 bits per heavy atom. The molecule has 0 spiro atoms. The van der Waals surface area contributed by atoms with Crippen molar-refractivity contribution in [2.24, 2.45) is 0 Å². The molecule has 0 bridgehead atoms. The topological polar surface area (TPSA) is 96.4 Å². The molecule has 0 amide bonds. The van der Waals surface area contributed by atoms with Crippen LogP contribution in [-0.2, 0) is 32.8 Å². The summed E-state index contributed by atoms with van der Waals surface area (Å²) >= 11 is 0. The smallest absolute Gasteiger partial charge is 0 e. The third-order valence-electron chi connectivity index (χ3n) is 0. The molecule has 0 aliphatic carbocycles. The van der Waals surface area contributed by atoms with Crippen molar-refractivity contribution in [3.8, 4) is 0 Å². The molecule has 0 fully saturated rings. The van der Waals surface area contributed by atoms with Crippen molar-refractivity contribution >= 4 is 6.08 Å². The first-order valence-corrected chi connectivity index (χ1v) is 0.428. The summed E-state index contributed by atoms with van der Waals surface area (Å²) in [4.78, 5) is 8.24. The summed E-state index contributed by atoms with van der Waals surface area (Å²) in [6, 6.07) is 0. The number of rotatable bonds is 0. The van der Waals surface area contributed by atoms with Crippen LogP contribution in [0.1, 0.15) is 0 Å². The van der Waals surface area contributed by atoms with Crippen LogP contribution in [0.15, 0.2) is 0 Å². The summed E-state index contributed by atoms with van der Waals surface area (Å²) < 4.78 is 0. The molecule has 0 unspecified atom stereocenters. The van der Waals surface area contributed by atoms with E-state index >= 15 is 0 Å². The molecule has 5 heteroatoms. The number of hydrogen-bond donors (Lipinski definition) is 0. The van der Waals surface area contributed by atoms with Gasteiger partial charge in [0.1, 0.15) is 0 Å². The summed E-state index contributed by atoms with van der Waals surface area (Å²) in [6.07, 6.45) is 0.500. The number of hydrogen-bond acceptors (Lipinski definition) is 1. The monoisotopic (exact) mass is 129 g/mol. The van der Waals surface area contributed by atoms with Crippen molar-refractivity contribution in [3.63, 3.8) is 0 Å². The van der Waals surface area contributed by atoms with Gasteiger partial charge in [0.2, 0.25) is 0 Å². The zero-order chi connectivity index (χ0) is 2.71. The van der Waals surface area contributed by atoms with E-state index in [0.29, 0.717) is 6.08 Å². The van der Waals surface area contributed by atoms with E-state index in [0.717, 1.165) is 0 Å². The second-order valence-electron chi connectivity index (χ2n) is 0.0913. The molecular formula is CMnNO3-5. The number of isocyanates is 1. The Bertz CT molecular complexity index is 31.8. The predicted molar refractivity (Wildman–Crippen MR) is 10.4 cm³/mol. The van der Waals surface area contributed by atoms with Gasteiger partial charge >= 0.3 is 0 Å². The van der Waals surface area contributed by atoms with E-state index in [-0.39, 0.29) is 28.0 Å². The summed E-state index contributed by atoms with van der Waals surface area (Å²) in [7, 11) is 0. The minimum atomic E-state index is 0. The van der Waals surface area contributed by atoms with Gasteiger partial charge in [-0.2, -0.15) is 0 Å². The maximum absolute atomic E-state index is 8.24. The van der Waals surface area contributed by atoms with Crippen molar-refractivity contribution in [1.82, 2.24) is 0 Å². The number of nitrogens with zero attached hydrogens (tertiary/aromatic N) is 1. The van der Waals surface area contributed by atoms with Crippen LogP contribution in [0.25, 0.3) is 5.41 Å². The normalized spacial score (nSPS) is 1.33. The summed E-state index contributed by atoms with van der Waals surface area (Å²) in [5, 5.41) is 6.76. The first-order chi connectivity index (χ1) is 1.41. The third kappa shape index (κ3) is 932. The largest absolute Gasteiger partial charge is 2.00 e. The molecule has 0 aromatic carbocycles. The van der Waals surface area contributed by atoms with Crippen molar-refractivity contribution < 1.29 is 32.8 Å². The van der Waals surface area contributed by atoms with Crippen LogP contribution in [0.2, 0.25) is 0 Å². The molecule has 0 N–H and O–H groups in total. The Morgan fingerprint density at radius 2 is 1.33 bits per heavy atom. The van der Waals surface area contributed by atoms with Gasteiger partial charge in [0.15, 0.2) is 0 Å². The summed E-state index contributed by atoms with van der Waals surface area (Å²) in [6.45, 7) is 0. The molecule has 6 heavy (non-hydrogen) atoms. The zero-order valence-corrected chi connectivity index (χ0v) is 3.73. The van der Waals surface area contributed by atoms with Crippen molar-refractivity contribution in [2.75, 3.05) is 0 Å². The zero-order valence-electron chi connectivity index (χ0n) is 2.55. The van der Waals surface area contributed by atoms with E-state index in [2.05, 4.69) is 0 Å². The Labute approximate surface area is 45.1 Å². The van der Waals surface area contributed by atoms with E-state index < -0.39 is 0 Å². The van der Waals surface area contributed by atoms with Gasteiger partial charge in [-0.3, -0.25) is 4.79 Å². The molecule has 0 rings (SSSR count). The summed E-state index contributed by atoms with van der Waals surface area (Å²) in [5.41, 5.74) is 0. The van der Waals surface area contributed by atoms with Gasteiger partial charge in [-0.1, -0.05) is 0 Å². The fourth-order valence-electron chi connectivity index (χ4n) is 0. The molecular weight excluding hydrogens is 129 g/mol. The first-order valence-electron chi connectivity index (χ1n) is 0.428. The predicted octanol–water partition coefficient (Wildman–Crippen LogP) is -0.348. The Kier molecular flexibility index (Phi) is 712. The van der Waals surface area contributed by atoms with Crippen LogP contribution < -0.4 is 0 Å². The fraction of sp³-hybridized carbons (Fsp3) is 0. The maximum Gasteiger partial charge on any atom is 0 e. The van der Waals surface area contributed by atoms with Gasteiger partial charge in [0.25, 0.3) is 0 Å². The third-order valence-corrected chi connectivity index (χ3v) is 0. The van der Waals surface area contributed by atoms with Gasteiger partial charge in [-0.25, -0.2) is 0 Å². The molecule has 0 atom stereocenters. The second-order valence-corrected chi connectivity index (χ2v) is 0.0913. The van der Waals surface area contributed by atoms with Gasteiger partial charge in [0.05, 0.1) is 0 Å². The first kappa shape index (κ1) is 40.8. The van der Waals surface area contributed by atoms with E-state index in [4.69, 9.17) is 10.2 Å². The molecule has 0 heterocycles. The Hall–Kier alpha value is -0.181. The molecule has 0 aromatic heterocycles. The van der Waals surface area contributed by atoms with Crippen LogP contribution in [-0.4, -0.2) is 6.08 Å². The molecule has 0 saturated carbocycles. The molecule has 4 nitrogen and oxygen atoms in total. The fourth-order valence-corrected chi connectivity index (χ4v) is 0. The van der Waals surface area contributed by atoms with Crippen LogP contribution in [0.3, 0.4) is 0 Å². The van der Waals surface area contributed by atoms with Crippen molar-refractivity contribution in [1.29, 1.82) is 0 Å². The van der Waals surface area contributed by atoms with Crippen molar-refractivity contribution in [3.05, 3.63) is 5.41 Å². The van der Waals surface area contributed by atoms with Crippen LogP contribution in [0, 0.1) is 0 Å². The molecule has 39 valence electrons. The van der Waals surface area contributed by atoms with Crippen LogP contribution in [0.5, 0.6) is 0 Å². The van der Waals surface area contributed by atoms with Crippen LogP contribution >= 0.6 is 0 Å². The van der Waals surface area contributed by atoms with Gasteiger partial charge in [0, 0.05) is 17.1 Å². The minimum absolute atomic E-state index is 0. The Balaban J connectivity index is -0.00000000667. The van der Waals surface area contributed by atoms with Crippen molar-refractivity contribution in [2.45, 2.75) is 0 Å².